The van der Waals surface area contributed by atoms with E-state index in [1.807, 2.05) is 48.7 Å². The van der Waals surface area contributed by atoms with Crippen LogP contribution in [-0.4, -0.2) is 18.0 Å². The smallest absolute Gasteiger partial charge is 0.231 e. The first-order chi connectivity index (χ1) is 10.4. The summed E-state index contributed by atoms with van der Waals surface area (Å²) in [6.45, 7) is 0.278. The van der Waals surface area contributed by atoms with Gasteiger partial charge in [0.25, 0.3) is 0 Å². The third-order valence-corrected chi connectivity index (χ3v) is 3.35. The number of hydrogen-bond donors (Lipinski definition) is 0. The summed E-state index contributed by atoms with van der Waals surface area (Å²) in [5.41, 5.74) is 2.86. The topological polar surface area (TPSA) is 43.7 Å². The molecule has 1 aromatic heterocycles. The second kappa shape index (κ2) is 4.90. The van der Waals surface area contributed by atoms with E-state index in [-0.39, 0.29) is 6.79 Å². The van der Waals surface area contributed by atoms with E-state index in [9.17, 15) is 0 Å². The molecule has 0 N–H and O–H groups in total. The average Bonchev–Trinajstić information content (AvgIpc) is 3.00. The molecule has 0 atom stereocenters. The number of rotatable bonds is 2. The number of hydrogen-bond acceptors (Lipinski definition) is 4. The Balaban J connectivity index is 1.64. The van der Waals surface area contributed by atoms with Crippen LogP contribution in [0.2, 0.25) is 0 Å². The number of fused-ring (bicyclic) bond motifs is 2. The number of nitrogens with zero attached hydrogens (tertiary/aromatic N) is 2. The predicted octanol–water partition coefficient (Wildman–Crippen LogP) is 3.71. The van der Waals surface area contributed by atoms with Gasteiger partial charge in [0.05, 0.1) is 11.2 Å². The molecule has 0 aliphatic carbocycles. The Morgan fingerprint density at radius 2 is 1.95 bits per heavy atom. The lowest BCUT2D eigenvalue weighted by Crippen LogP contribution is -1.92. The van der Waals surface area contributed by atoms with Crippen LogP contribution in [0.25, 0.3) is 10.9 Å². The zero-order valence-electron chi connectivity index (χ0n) is 11.2. The molecule has 0 unspecified atom stereocenters. The molecule has 102 valence electrons. The van der Waals surface area contributed by atoms with E-state index >= 15 is 0 Å². The van der Waals surface area contributed by atoms with Crippen LogP contribution in [0.3, 0.4) is 0 Å². The third kappa shape index (κ3) is 2.31. The zero-order valence-corrected chi connectivity index (χ0v) is 11.2. The van der Waals surface area contributed by atoms with Crippen molar-refractivity contribution in [1.29, 1.82) is 0 Å². The van der Waals surface area contributed by atoms with Gasteiger partial charge < -0.3 is 9.47 Å². The summed E-state index contributed by atoms with van der Waals surface area (Å²) >= 11 is 0. The average molecular weight is 276 g/mol. The van der Waals surface area contributed by atoms with Crippen LogP contribution < -0.4 is 9.47 Å². The maximum absolute atomic E-state index is 5.34. The van der Waals surface area contributed by atoms with Crippen molar-refractivity contribution >= 4 is 22.8 Å². The van der Waals surface area contributed by atoms with Crippen molar-refractivity contribution in [2.75, 3.05) is 6.79 Å². The summed E-state index contributed by atoms with van der Waals surface area (Å²) in [5, 5.41) is 1.10. The number of aromatic nitrogens is 1. The van der Waals surface area contributed by atoms with Gasteiger partial charge in [0.1, 0.15) is 0 Å². The maximum atomic E-state index is 5.34. The highest BCUT2D eigenvalue weighted by Gasteiger charge is 2.12. The lowest BCUT2D eigenvalue weighted by atomic mass is 10.1. The van der Waals surface area contributed by atoms with Gasteiger partial charge in [-0.1, -0.05) is 12.1 Å². The SMILES string of the molecule is C(=Nc1ccc2c(c1)OCO2)c1ccc2ncccc2c1. The van der Waals surface area contributed by atoms with Gasteiger partial charge in [-0.05, 0) is 35.9 Å². The molecule has 2 aromatic carbocycles. The summed E-state index contributed by atoms with van der Waals surface area (Å²) in [6, 6.07) is 15.7. The molecule has 0 fully saturated rings. The monoisotopic (exact) mass is 276 g/mol. The molecule has 0 amide bonds. The van der Waals surface area contributed by atoms with Gasteiger partial charge in [-0.15, -0.1) is 0 Å². The molecule has 4 heteroatoms. The van der Waals surface area contributed by atoms with E-state index in [0.717, 1.165) is 33.7 Å². The van der Waals surface area contributed by atoms with Gasteiger partial charge in [-0.25, -0.2) is 0 Å². The zero-order chi connectivity index (χ0) is 14.1. The van der Waals surface area contributed by atoms with Gasteiger partial charge in [0.15, 0.2) is 11.5 Å². The van der Waals surface area contributed by atoms with Crippen LogP contribution in [0.5, 0.6) is 11.5 Å². The van der Waals surface area contributed by atoms with Gasteiger partial charge in [-0.3, -0.25) is 9.98 Å². The number of benzene rings is 2. The first kappa shape index (κ1) is 11.9. The Morgan fingerprint density at radius 1 is 1.00 bits per heavy atom. The summed E-state index contributed by atoms with van der Waals surface area (Å²) in [6.07, 6.45) is 3.63. The van der Waals surface area contributed by atoms with E-state index in [2.05, 4.69) is 16.0 Å². The number of aliphatic imine (C=N–C) groups is 1. The Morgan fingerprint density at radius 3 is 2.95 bits per heavy atom. The molecular weight excluding hydrogens is 264 g/mol. The normalized spacial score (nSPS) is 13.1. The summed E-state index contributed by atoms with van der Waals surface area (Å²) in [4.78, 5) is 8.78. The van der Waals surface area contributed by atoms with E-state index in [1.54, 1.807) is 6.20 Å². The van der Waals surface area contributed by atoms with Crippen molar-refractivity contribution in [2.45, 2.75) is 0 Å². The minimum atomic E-state index is 0.278. The molecule has 0 spiro atoms. The molecule has 0 radical (unpaired) electrons. The fourth-order valence-electron chi connectivity index (χ4n) is 2.29. The van der Waals surface area contributed by atoms with Crippen molar-refractivity contribution < 1.29 is 9.47 Å². The van der Waals surface area contributed by atoms with E-state index in [1.165, 1.54) is 0 Å². The molecule has 3 aromatic rings. The van der Waals surface area contributed by atoms with Gasteiger partial charge in [0, 0.05) is 23.9 Å². The fraction of sp³-hybridized carbons (Fsp3) is 0.0588. The molecular formula is C17H12N2O2. The summed E-state index contributed by atoms with van der Waals surface area (Å²) < 4.78 is 10.6. The Hall–Kier alpha value is -2.88. The minimum Gasteiger partial charge on any atom is -0.454 e. The highest BCUT2D eigenvalue weighted by Crippen LogP contribution is 2.35. The molecule has 1 aliphatic rings. The summed E-state index contributed by atoms with van der Waals surface area (Å²) in [7, 11) is 0. The van der Waals surface area contributed by atoms with Crippen LogP contribution in [0.15, 0.2) is 59.7 Å². The Labute approximate surface area is 121 Å². The van der Waals surface area contributed by atoms with Crippen molar-refractivity contribution in [3.05, 3.63) is 60.3 Å². The first-order valence-corrected chi connectivity index (χ1v) is 6.67. The third-order valence-electron chi connectivity index (χ3n) is 3.35. The van der Waals surface area contributed by atoms with Crippen molar-refractivity contribution in [3.63, 3.8) is 0 Å². The highest BCUT2D eigenvalue weighted by atomic mass is 16.7. The molecule has 1 aliphatic heterocycles. The van der Waals surface area contributed by atoms with Crippen molar-refractivity contribution in [3.8, 4) is 11.5 Å². The van der Waals surface area contributed by atoms with Crippen LogP contribution in [0.1, 0.15) is 5.56 Å². The van der Waals surface area contributed by atoms with Crippen molar-refractivity contribution in [1.82, 2.24) is 4.98 Å². The van der Waals surface area contributed by atoms with E-state index < -0.39 is 0 Å². The Bertz CT molecular complexity index is 843. The van der Waals surface area contributed by atoms with Crippen molar-refractivity contribution in [2.24, 2.45) is 4.99 Å². The lowest BCUT2D eigenvalue weighted by Gasteiger charge is -1.99. The van der Waals surface area contributed by atoms with Gasteiger partial charge in [0.2, 0.25) is 6.79 Å². The van der Waals surface area contributed by atoms with E-state index in [0.29, 0.717) is 0 Å². The van der Waals surface area contributed by atoms with Crippen LogP contribution >= 0.6 is 0 Å². The van der Waals surface area contributed by atoms with Crippen LogP contribution in [-0.2, 0) is 0 Å². The standard InChI is InChI=1S/C17H12N2O2/c1-2-13-8-12(3-5-15(13)18-7-1)10-19-14-4-6-16-17(9-14)21-11-20-16/h1-10H,11H2. The second-order valence-electron chi connectivity index (χ2n) is 4.75. The van der Waals surface area contributed by atoms with Crippen LogP contribution in [0, 0.1) is 0 Å². The molecule has 0 saturated carbocycles. The molecule has 0 bridgehead atoms. The maximum Gasteiger partial charge on any atom is 0.231 e. The molecule has 0 saturated heterocycles. The van der Waals surface area contributed by atoms with Gasteiger partial charge >= 0.3 is 0 Å². The summed E-state index contributed by atoms with van der Waals surface area (Å²) in [5.74, 6) is 1.51. The fourth-order valence-corrected chi connectivity index (χ4v) is 2.29. The Kier molecular flexibility index (Phi) is 2.78. The van der Waals surface area contributed by atoms with Gasteiger partial charge in [-0.2, -0.15) is 0 Å². The molecule has 4 rings (SSSR count). The van der Waals surface area contributed by atoms with Crippen LogP contribution in [0.4, 0.5) is 5.69 Å². The number of pyridine rings is 1. The highest BCUT2D eigenvalue weighted by molar-refractivity contribution is 5.89. The van der Waals surface area contributed by atoms with E-state index in [4.69, 9.17) is 9.47 Å². The second-order valence-corrected chi connectivity index (χ2v) is 4.75. The minimum absolute atomic E-state index is 0.278. The molecule has 4 nitrogen and oxygen atoms in total. The predicted molar refractivity (Wildman–Crippen MR) is 81.6 cm³/mol. The quantitative estimate of drug-likeness (QED) is 0.670. The number of ether oxygens (including phenoxy) is 2. The largest absolute Gasteiger partial charge is 0.454 e. The molecule has 21 heavy (non-hydrogen) atoms. The first-order valence-electron chi connectivity index (χ1n) is 6.67. The molecule has 2 heterocycles. The lowest BCUT2D eigenvalue weighted by molar-refractivity contribution is 0.174.